The molecule has 0 saturated carbocycles. The van der Waals surface area contributed by atoms with Gasteiger partial charge in [-0.05, 0) is 23.9 Å². The Balaban J connectivity index is 2.44. The standard InChI is InChI=1S/C13H12N2O2S/c1-14-11(16)10(12(17)15(2)13(14)18)8-9-6-4-3-5-7-9/h3-8H,1-2H3. The van der Waals surface area contributed by atoms with E-state index in [0.717, 1.165) is 5.56 Å². The Labute approximate surface area is 110 Å². The second-order valence-corrected chi connectivity index (χ2v) is 4.34. The topological polar surface area (TPSA) is 40.6 Å². The van der Waals surface area contributed by atoms with Gasteiger partial charge in [0.1, 0.15) is 5.57 Å². The van der Waals surface area contributed by atoms with E-state index >= 15 is 0 Å². The SMILES string of the molecule is CN1C(=O)C(=Cc2ccccc2)C(=O)N(C)C1=S. The van der Waals surface area contributed by atoms with E-state index < -0.39 is 0 Å². The molecular weight excluding hydrogens is 248 g/mol. The molecule has 1 aliphatic rings. The molecule has 1 heterocycles. The van der Waals surface area contributed by atoms with Crippen LogP contribution in [0.5, 0.6) is 0 Å². The molecular formula is C13H12N2O2S. The minimum Gasteiger partial charge on any atom is -0.288 e. The average Bonchev–Trinajstić information content (AvgIpc) is 2.40. The van der Waals surface area contributed by atoms with Gasteiger partial charge in [-0.25, -0.2) is 0 Å². The summed E-state index contributed by atoms with van der Waals surface area (Å²) in [7, 11) is 3.12. The molecule has 0 unspecified atom stereocenters. The zero-order valence-corrected chi connectivity index (χ0v) is 10.9. The lowest BCUT2D eigenvalue weighted by molar-refractivity contribution is -0.132. The number of amides is 2. The number of carbonyl (C=O) groups is 2. The predicted octanol–water partition coefficient (Wildman–Crippen LogP) is 1.29. The number of likely N-dealkylation sites (N-methyl/N-ethyl adjacent to an activating group) is 2. The van der Waals surface area contributed by atoms with Crippen LogP contribution in [0.1, 0.15) is 5.56 Å². The molecule has 1 saturated heterocycles. The van der Waals surface area contributed by atoms with E-state index in [9.17, 15) is 9.59 Å². The fraction of sp³-hybridized carbons (Fsp3) is 0.154. The fourth-order valence-corrected chi connectivity index (χ4v) is 1.86. The minimum atomic E-state index is -0.369. The number of nitrogens with zero attached hydrogens (tertiary/aromatic N) is 2. The number of hydrogen-bond acceptors (Lipinski definition) is 3. The largest absolute Gasteiger partial charge is 0.288 e. The molecule has 0 aliphatic carbocycles. The van der Waals surface area contributed by atoms with Crippen LogP contribution in [-0.2, 0) is 9.59 Å². The Morgan fingerprint density at radius 2 is 1.50 bits per heavy atom. The Morgan fingerprint density at radius 3 is 2.00 bits per heavy atom. The van der Waals surface area contributed by atoms with E-state index in [1.54, 1.807) is 20.2 Å². The number of rotatable bonds is 1. The molecule has 0 aromatic heterocycles. The molecule has 1 aliphatic heterocycles. The van der Waals surface area contributed by atoms with Crippen molar-refractivity contribution < 1.29 is 9.59 Å². The lowest BCUT2D eigenvalue weighted by Gasteiger charge is -2.31. The Kier molecular flexibility index (Phi) is 3.25. The highest BCUT2D eigenvalue weighted by molar-refractivity contribution is 7.80. The first-order valence-electron chi connectivity index (χ1n) is 5.39. The normalized spacial score (nSPS) is 16.3. The van der Waals surface area contributed by atoms with Crippen molar-refractivity contribution in [1.29, 1.82) is 0 Å². The summed E-state index contributed by atoms with van der Waals surface area (Å²) in [5.41, 5.74) is 0.934. The van der Waals surface area contributed by atoms with Gasteiger partial charge in [0.15, 0.2) is 5.11 Å². The van der Waals surface area contributed by atoms with Crippen molar-refractivity contribution in [2.45, 2.75) is 0 Å². The fourth-order valence-electron chi connectivity index (χ4n) is 1.69. The molecule has 2 amide bonds. The first-order chi connectivity index (χ1) is 8.52. The van der Waals surface area contributed by atoms with E-state index in [4.69, 9.17) is 12.2 Å². The van der Waals surface area contributed by atoms with Gasteiger partial charge in [0.05, 0.1) is 0 Å². The van der Waals surface area contributed by atoms with Gasteiger partial charge < -0.3 is 0 Å². The zero-order valence-electron chi connectivity index (χ0n) is 10.1. The van der Waals surface area contributed by atoms with Crippen molar-refractivity contribution in [3.8, 4) is 0 Å². The second kappa shape index (κ2) is 4.70. The van der Waals surface area contributed by atoms with E-state index in [1.807, 2.05) is 30.3 Å². The van der Waals surface area contributed by atoms with Gasteiger partial charge in [0.2, 0.25) is 0 Å². The average molecular weight is 260 g/mol. The van der Waals surface area contributed by atoms with Gasteiger partial charge >= 0.3 is 0 Å². The predicted molar refractivity (Wildman–Crippen MR) is 72.6 cm³/mol. The highest BCUT2D eigenvalue weighted by atomic mass is 32.1. The Morgan fingerprint density at radius 1 is 1.00 bits per heavy atom. The molecule has 0 radical (unpaired) electrons. The lowest BCUT2D eigenvalue weighted by atomic mass is 10.1. The maximum atomic E-state index is 12.0. The summed E-state index contributed by atoms with van der Waals surface area (Å²) in [6.45, 7) is 0. The molecule has 1 aromatic rings. The van der Waals surface area contributed by atoms with Gasteiger partial charge in [0.25, 0.3) is 11.8 Å². The summed E-state index contributed by atoms with van der Waals surface area (Å²) in [6, 6.07) is 9.24. The van der Waals surface area contributed by atoms with E-state index in [0.29, 0.717) is 0 Å². The molecule has 0 bridgehead atoms. The van der Waals surface area contributed by atoms with Crippen LogP contribution >= 0.6 is 12.2 Å². The van der Waals surface area contributed by atoms with Crippen molar-refractivity contribution in [2.75, 3.05) is 14.1 Å². The third kappa shape index (κ3) is 2.04. The lowest BCUT2D eigenvalue weighted by Crippen LogP contribution is -2.52. The maximum Gasteiger partial charge on any atom is 0.265 e. The van der Waals surface area contributed by atoms with Crippen LogP contribution in [0.2, 0.25) is 0 Å². The quantitative estimate of drug-likeness (QED) is 0.434. The van der Waals surface area contributed by atoms with Gasteiger partial charge in [-0.1, -0.05) is 30.3 Å². The van der Waals surface area contributed by atoms with Crippen molar-refractivity contribution in [2.24, 2.45) is 0 Å². The van der Waals surface area contributed by atoms with Gasteiger partial charge in [-0.3, -0.25) is 19.4 Å². The summed E-state index contributed by atoms with van der Waals surface area (Å²) in [6.07, 6.45) is 1.58. The van der Waals surface area contributed by atoms with Crippen LogP contribution < -0.4 is 0 Å². The Bertz CT molecular complexity index is 525. The van der Waals surface area contributed by atoms with E-state index in [-0.39, 0.29) is 22.5 Å². The van der Waals surface area contributed by atoms with Crippen LogP contribution in [0, 0.1) is 0 Å². The van der Waals surface area contributed by atoms with Crippen LogP contribution in [0.3, 0.4) is 0 Å². The van der Waals surface area contributed by atoms with Crippen LogP contribution in [-0.4, -0.2) is 40.8 Å². The van der Waals surface area contributed by atoms with Crippen LogP contribution in [0.25, 0.3) is 6.08 Å². The van der Waals surface area contributed by atoms with E-state index in [2.05, 4.69) is 0 Å². The molecule has 18 heavy (non-hydrogen) atoms. The van der Waals surface area contributed by atoms with Crippen molar-refractivity contribution in [3.05, 3.63) is 41.5 Å². The third-order valence-corrected chi connectivity index (χ3v) is 3.30. The minimum absolute atomic E-state index is 0.125. The summed E-state index contributed by atoms with van der Waals surface area (Å²) in [5.74, 6) is -0.737. The zero-order chi connectivity index (χ0) is 13.3. The maximum absolute atomic E-state index is 12.0. The molecule has 5 heteroatoms. The summed E-state index contributed by atoms with van der Waals surface area (Å²) < 4.78 is 0. The highest BCUT2D eigenvalue weighted by Crippen LogP contribution is 2.17. The van der Waals surface area contributed by atoms with E-state index in [1.165, 1.54) is 9.80 Å². The first-order valence-corrected chi connectivity index (χ1v) is 5.80. The summed E-state index contributed by atoms with van der Waals surface area (Å²) >= 11 is 5.01. The Hall–Kier alpha value is -2.01. The smallest absolute Gasteiger partial charge is 0.265 e. The molecule has 1 aromatic carbocycles. The van der Waals surface area contributed by atoms with Gasteiger partial charge in [0, 0.05) is 14.1 Å². The summed E-state index contributed by atoms with van der Waals surface area (Å²) in [5, 5.41) is 0.218. The molecule has 0 atom stereocenters. The number of thiocarbonyl (C=S) groups is 1. The monoisotopic (exact) mass is 260 g/mol. The molecule has 2 rings (SSSR count). The van der Waals surface area contributed by atoms with Crippen molar-refractivity contribution in [1.82, 2.24) is 9.80 Å². The number of carbonyl (C=O) groups excluding carboxylic acids is 2. The third-order valence-electron chi connectivity index (χ3n) is 2.75. The molecule has 92 valence electrons. The second-order valence-electron chi connectivity index (χ2n) is 3.98. The highest BCUT2D eigenvalue weighted by Gasteiger charge is 2.35. The molecule has 0 spiro atoms. The molecule has 1 fully saturated rings. The molecule has 0 N–H and O–H groups in total. The van der Waals surface area contributed by atoms with Gasteiger partial charge in [-0.2, -0.15) is 0 Å². The van der Waals surface area contributed by atoms with Gasteiger partial charge in [-0.15, -0.1) is 0 Å². The van der Waals surface area contributed by atoms with Crippen LogP contribution in [0.4, 0.5) is 0 Å². The van der Waals surface area contributed by atoms with Crippen molar-refractivity contribution in [3.63, 3.8) is 0 Å². The molecule has 4 nitrogen and oxygen atoms in total. The number of benzene rings is 1. The number of hydrogen-bond donors (Lipinski definition) is 0. The summed E-state index contributed by atoms with van der Waals surface area (Å²) in [4.78, 5) is 26.6. The van der Waals surface area contributed by atoms with Crippen LogP contribution in [0.15, 0.2) is 35.9 Å². The van der Waals surface area contributed by atoms with Crippen molar-refractivity contribution >= 4 is 35.2 Å². The first kappa shape index (κ1) is 12.4.